The average molecular weight is 434 g/mol. The van der Waals surface area contributed by atoms with Gasteiger partial charge in [-0.3, -0.25) is 4.79 Å². The summed E-state index contributed by atoms with van der Waals surface area (Å²) in [5.74, 6) is -0.219. The first-order valence-corrected chi connectivity index (χ1v) is 11.0. The van der Waals surface area contributed by atoms with Crippen molar-refractivity contribution in [1.82, 2.24) is 14.6 Å². The number of sulfonamides is 1. The molecular weight excluding hydrogens is 414 g/mol. The molecule has 1 fully saturated rings. The second-order valence-corrected chi connectivity index (χ2v) is 9.11. The van der Waals surface area contributed by atoms with E-state index < -0.39 is 10.0 Å². The first-order valence-electron chi connectivity index (χ1n) is 9.17. The van der Waals surface area contributed by atoms with Crippen molar-refractivity contribution in [1.29, 1.82) is 0 Å². The van der Waals surface area contributed by atoms with E-state index in [9.17, 15) is 13.2 Å². The molecule has 0 unspecified atom stereocenters. The highest BCUT2D eigenvalue weighted by molar-refractivity contribution is 7.89. The van der Waals surface area contributed by atoms with E-state index >= 15 is 0 Å². The SMILES string of the molecule is O=C(NCc1ccc(S(=O)(=O)N2CCOCC2)cc1)c1c[nH]c2cc(Cl)ccc12. The van der Waals surface area contributed by atoms with Gasteiger partial charge in [0.15, 0.2) is 0 Å². The maximum absolute atomic E-state index is 12.7. The van der Waals surface area contributed by atoms with E-state index in [2.05, 4.69) is 10.3 Å². The minimum absolute atomic E-state index is 0.219. The molecule has 0 atom stereocenters. The van der Waals surface area contributed by atoms with Gasteiger partial charge in [-0.15, -0.1) is 0 Å². The van der Waals surface area contributed by atoms with Gasteiger partial charge in [0, 0.05) is 41.8 Å². The molecule has 1 aliphatic heterocycles. The van der Waals surface area contributed by atoms with Crippen LogP contribution in [-0.2, 0) is 21.3 Å². The number of ether oxygens (including phenoxy) is 1. The molecule has 1 saturated heterocycles. The fourth-order valence-corrected chi connectivity index (χ4v) is 4.86. The Morgan fingerprint density at radius 2 is 1.86 bits per heavy atom. The summed E-state index contributed by atoms with van der Waals surface area (Å²) in [6.07, 6.45) is 1.65. The number of nitrogens with one attached hydrogen (secondary N) is 2. The van der Waals surface area contributed by atoms with Crippen LogP contribution in [0.4, 0.5) is 0 Å². The number of H-pyrrole nitrogens is 1. The molecule has 29 heavy (non-hydrogen) atoms. The summed E-state index contributed by atoms with van der Waals surface area (Å²) in [6, 6.07) is 11.9. The molecule has 2 N–H and O–H groups in total. The van der Waals surface area contributed by atoms with E-state index in [-0.39, 0.29) is 17.3 Å². The zero-order valence-electron chi connectivity index (χ0n) is 15.5. The first-order chi connectivity index (χ1) is 13.9. The van der Waals surface area contributed by atoms with Crippen LogP contribution in [0.15, 0.2) is 53.6 Å². The van der Waals surface area contributed by atoms with E-state index in [1.165, 1.54) is 4.31 Å². The number of hydrogen-bond donors (Lipinski definition) is 2. The van der Waals surface area contributed by atoms with Crippen molar-refractivity contribution < 1.29 is 17.9 Å². The van der Waals surface area contributed by atoms with Gasteiger partial charge in [-0.25, -0.2) is 8.42 Å². The zero-order chi connectivity index (χ0) is 20.4. The number of aromatic amines is 1. The summed E-state index contributed by atoms with van der Waals surface area (Å²) in [4.78, 5) is 15.8. The van der Waals surface area contributed by atoms with Gasteiger partial charge in [0.1, 0.15) is 0 Å². The smallest absolute Gasteiger partial charge is 0.253 e. The van der Waals surface area contributed by atoms with Gasteiger partial charge in [-0.1, -0.05) is 29.8 Å². The van der Waals surface area contributed by atoms with Gasteiger partial charge < -0.3 is 15.0 Å². The molecule has 0 aliphatic carbocycles. The highest BCUT2D eigenvalue weighted by atomic mass is 35.5. The first kappa shape index (κ1) is 19.9. The van der Waals surface area contributed by atoms with Crippen LogP contribution in [0, 0.1) is 0 Å². The predicted molar refractivity (Wildman–Crippen MR) is 110 cm³/mol. The standard InChI is InChI=1S/C20H20ClN3O4S/c21-15-3-6-17-18(13-22-19(17)11-15)20(25)23-12-14-1-4-16(5-2-14)29(26,27)24-7-9-28-10-8-24/h1-6,11,13,22H,7-10,12H2,(H,23,25). The van der Waals surface area contributed by atoms with Crippen molar-refractivity contribution >= 4 is 38.4 Å². The number of rotatable bonds is 5. The normalized spacial score (nSPS) is 15.5. The molecule has 1 aliphatic rings. The molecule has 2 heterocycles. The maximum Gasteiger partial charge on any atom is 0.253 e. The van der Waals surface area contributed by atoms with Gasteiger partial charge in [0.25, 0.3) is 5.91 Å². The highest BCUT2D eigenvalue weighted by Gasteiger charge is 2.26. The summed E-state index contributed by atoms with van der Waals surface area (Å²) < 4.78 is 32.0. The van der Waals surface area contributed by atoms with Crippen LogP contribution in [0.2, 0.25) is 5.02 Å². The van der Waals surface area contributed by atoms with E-state index in [4.69, 9.17) is 16.3 Å². The van der Waals surface area contributed by atoms with Crippen molar-refractivity contribution in [3.05, 3.63) is 64.8 Å². The number of morpholine rings is 1. The van der Waals surface area contributed by atoms with Gasteiger partial charge in [-0.2, -0.15) is 4.31 Å². The molecule has 4 rings (SSSR count). The lowest BCUT2D eigenvalue weighted by molar-refractivity contribution is 0.0730. The van der Waals surface area contributed by atoms with Crippen molar-refractivity contribution in [2.75, 3.05) is 26.3 Å². The molecule has 0 radical (unpaired) electrons. The van der Waals surface area contributed by atoms with Crippen LogP contribution >= 0.6 is 11.6 Å². The number of aromatic nitrogens is 1. The molecule has 0 bridgehead atoms. The number of carbonyl (C=O) groups excluding carboxylic acids is 1. The van der Waals surface area contributed by atoms with Crippen LogP contribution in [0.25, 0.3) is 10.9 Å². The highest BCUT2D eigenvalue weighted by Crippen LogP contribution is 2.22. The molecule has 9 heteroatoms. The van der Waals surface area contributed by atoms with Crippen molar-refractivity contribution in [3.8, 4) is 0 Å². The lowest BCUT2D eigenvalue weighted by atomic mass is 10.1. The average Bonchev–Trinajstić information content (AvgIpc) is 3.16. The van der Waals surface area contributed by atoms with Crippen LogP contribution in [0.3, 0.4) is 0 Å². The Hall–Kier alpha value is -2.39. The van der Waals surface area contributed by atoms with Gasteiger partial charge in [-0.05, 0) is 29.8 Å². The number of carbonyl (C=O) groups is 1. The summed E-state index contributed by atoms with van der Waals surface area (Å²) in [5, 5.41) is 4.25. The Kier molecular flexibility index (Phi) is 5.60. The summed E-state index contributed by atoms with van der Waals surface area (Å²) in [6.45, 7) is 1.82. The molecule has 7 nitrogen and oxygen atoms in total. The minimum Gasteiger partial charge on any atom is -0.379 e. The molecule has 2 aromatic carbocycles. The predicted octanol–water partition coefficient (Wildman–Crippen LogP) is 2.77. The lowest BCUT2D eigenvalue weighted by Gasteiger charge is -2.26. The minimum atomic E-state index is -3.52. The molecule has 3 aromatic rings. The number of halogens is 1. The van der Waals surface area contributed by atoms with Crippen molar-refractivity contribution in [2.24, 2.45) is 0 Å². The third kappa shape index (κ3) is 4.16. The Balaban J connectivity index is 1.43. The molecule has 1 amide bonds. The fourth-order valence-electron chi connectivity index (χ4n) is 3.28. The number of hydrogen-bond acceptors (Lipinski definition) is 4. The zero-order valence-corrected chi connectivity index (χ0v) is 17.1. The van der Waals surface area contributed by atoms with Gasteiger partial charge in [0.2, 0.25) is 10.0 Å². The molecular formula is C20H20ClN3O4S. The van der Waals surface area contributed by atoms with E-state index in [0.717, 1.165) is 16.5 Å². The Bertz CT molecular complexity index is 1140. The molecule has 0 spiro atoms. The number of fused-ring (bicyclic) bond motifs is 1. The van der Waals surface area contributed by atoms with Crippen molar-refractivity contribution in [3.63, 3.8) is 0 Å². The number of nitrogens with zero attached hydrogens (tertiary/aromatic N) is 1. The second kappa shape index (κ2) is 8.16. The van der Waals surface area contributed by atoms with Gasteiger partial charge in [0.05, 0.1) is 23.7 Å². The van der Waals surface area contributed by atoms with Gasteiger partial charge >= 0.3 is 0 Å². The lowest BCUT2D eigenvalue weighted by Crippen LogP contribution is -2.40. The van der Waals surface area contributed by atoms with E-state index in [0.29, 0.717) is 36.9 Å². The van der Waals surface area contributed by atoms with Crippen LogP contribution in [-0.4, -0.2) is 49.9 Å². The third-order valence-corrected chi connectivity index (χ3v) is 7.02. The Morgan fingerprint density at radius 3 is 2.59 bits per heavy atom. The summed E-state index contributed by atoms with van der Waals surface area (Å²) >= 11 is 5.97. The fraction of sp³-hybridized carbons (Fsp3) is 0.250. The monoisotopic (exact) mass is 433 g/mol. The number of amides is 1. The Labute approximate surface area is 173 Å². The summed E-state index contributed by atoms with van der Waals surface area (Å²) in [7, 11) is -3.52. The largest absolute Gasteiger partial charge is 0.379 e. The molecule has 0 saturated carbocycles. The maximum atomic E-state index is 12.7. The third-order valence-electron chi connectivity index (χ3n) is 4.87. The topological polar surface area (TPSA) is 91.5 Å². The molecule has 152 valence electrons. The quantitative estimate of drug-likeness (QED) is 0.647. The van der Waals surface area contributed by atoms with Crippen LogP contribution in [0.1, 0.15) is 15.9 Å². The Morgan fingerprint density at radius 1 is 1.14 bits per heavy atom. The van der Waals surface area contributed by atoms with Crippen LogP contribution < -0.4 is 5.32 Å². The van der Waals surface area contributed by atoms with E-state index in [1.54, 1.807) is 48.7 Å². The summed E-state index contributed by atoms with van der Waals surface area (Å²) in [5.41, 5.74) is 2.13. The van der Waals surface area contributed by atoms with Crippen LogP contribution in [0.5, 0.6) is 0 Å². The molecule has 1 aromatic heterocycles. The van der Waals surface area contributed by atoms with Crippen molar-refractivity contribution in [2.45, 2.75) is 11.4 Å². The van der Waals surface area contributed by atoms with E-state index in [1.807, 2.05) is 0 Å². The second-order valence-electron chi connectivity index (χ2n) is 6.74. The number of benzene rings is 2.